The van der Waals surface area contributed by atoms with Gasteiger partial charge < -0.3 is 15.0 Å². The molecule has 2 rings (SSSR count). The molecule has 1 amide bonds. The van der Waals surface area contributed by atoms with Crippen LogP contribution in [0.2, 0.25) is 0 Å². The lowest BCUT2D eigenvalue weighted by atomic mass is 9.97. The largest absolute Gasteiger partial charge is 0.444 e. The maximum atomic E-state index is 12.3. The molecule has 1 aliphatic carbocycles. The van der Waals surface area contributed by atoms with Crippen molar-refractivity contribution < 1.29 is 9.53 Å². The number of hydrogen-bond acceptors (Lipinski definition) is 3. The van der Waals surface area contributed by atoms with Crippen LogP contribution in [0.15, 0.2) is 0 Å². The van der Waals surface area contributed by atoms with E-state index in [0.717, 1.165) is 37.8 Å². The van der Waals surface area contributed by atoms with Crippen molar-refractivity contribution in [2.24, 2.45) is 11.8 Å². The van der Waals surface area contributed by atoms with E-state index >= 15 is 0 Å². The van der Waals surface area contributed by atoms with E-state index in [0.29, 0.717) is 12.1 Å². The molecule has 1 aliphatic heterocycles. The zero-order chi connectivity index (χ0) is 15.6. The Hall–Kier alpha value is -0.770. The molecule has 1 saturated carbocycles. The molecule has 1 heterocycles. The first-order chi connectivity index (χ1) is 9.78. The van der Waals surface area contributed by atoms with Crippen LogP contribution >= 0.6 is 0 Å². The van der Waals surface area contributed by atoms with Gasteiger partial charge in [0.1, 0.15) is 5.60 Å². The van der Waals surface area contributed by atoms with E-state index in [1.165, 1.54) is 12.8 Å². The van der Waals surface area contributed by atoms with E-state index in [2.05, 4.69) is 19.2 Å². The minimum absolute atomic E-state index is 0.153. The van der Waals surface area contributed by atoms with Crippen LogP contribution in [0.3, 0.4) is 0 Å². The van der Waals surface area contributed by atoms with Gasteiger partial charge in [-0.1, -0.05) is 13.8 Å². The van der Waals surface area contributed by atoms with Crippen LogP contribution in [0.4, 0.5) is 4.79 Å². The zero-order valence-electron chi connectivity index (χ0n) is 14.3. The number of rotatable bonds is 3. The summed E-state index contributed by atoms with van der Waals surface area (Å²) < 4.78 is 5.52. The minimum Gasteiger partial charge on any atom is -0.444 e. The maximum absolute atomic E-state index is 12.3. The van der Waals surface area contributed by atoms with Gasteiger partial charge in [0.15, 0.2) is 0 Å². The van der Waals surface area contributed by atoms with Crippen LogP contribution < -0.4 is 5.32 Å². The number of likely N-dealkylation sites (tertiary alicyclic amines) is 1. The molecule has 2 fully saturated rings. The smallest absolute Gasteiger partial charge is 0.410 e. The summed E-state index contributed by atoms with van der Waals surface area (Å²) >= 11 is 0. The van der Waals surface area contributed by atoms with E-state index in [1.54, 1.807) is 0 Å². The van der Waals surface area contributed by atoms with E-state index in [9.17, 15) is 4.79 Å². The van der Waals surface area contributed by atoms with E-state index in [1.807, 2.05) is 25.7 Å². The van der Waals surface area contributed by atoms with Crippen molar-refractivity contribution in [3.63, 3.8) is 0 Å². The van der Waals surface area contributed by atoms with Gasteiger partial charge in [-0.05, 0) is 58.3 Å². The summed E-state index contributed by atoms with van der Waals surface area (Å²) in [6, 6.07) is 0.907. The predicted octanol–water partition coefficient (Wildman–Crippen LogP) is 3.41. The molecule has 4 heteroatoms. The number of carbonyl (C=O) groups excluding carboxylic acids is 1. The Bertz CT molecular complexity index is 364. The monoisotopic (exact) mass is 296 g/mol. The van der Waals surface area contributed by atoms with E-state index in [-0.39, 0.29) is 6.09 Å². The molecule has 4 nitrogen and oxygen atoms in total. The average Bonchev–Trinajstić information content (AvgIpc) is 2.94. The van der Waals surface area contributed by atoms with Crippen molar-refractivity contribution in [2.45, 2.75) is 78.0 Å². The van der Waals surface area contributed by atoms with Gasteiger partial charge in [0.2, 0.25) is 0 Å². The predicted molar refractivity (Wildman–Crippen MR) is 85.3 cm³/mol. The molecule has 0 aromatic heterocycles. The van der Waals surface area contributed by atoms with Gasteiger partial charge in [0, 0.05) is 25.2 Å². The molecule has 2 aliphatic rings. The molecule has 122 valence electrons. The van der Waals surface area contributed by atoms with Gasteiger partial charge in [0.05, 0.1) is 0 Å². The molecular formula is C17H32N2O2. The van der Waals surface area contributed by atoms with Crippen molar-refractivity contribution in [2.75, 3.05) is 13.1 Å². The summed E-state index contributed by atoms with van der Waals surface area (Å²) in [4.78, 5) is 14.2. The first-order valence-electron chi connectivity index (χ1n) is 8.51. The first-order valence-corrected chi connectivity index (χ1v) is 8.51. The average molecular weight is 296 g/mol. The topological polar surface area (TPSA) is 41.6 Å². The van der Waals surface area contributed by atoms with Crippen molar-refractivity contribution in [1.82, 2.24) is 10.2 Å². The highest BCUT2D eigenvalue weighted by atomic mass is 16.6. The van der Waals surface area contributed by atoms with Crippen LogP contribution in [0.1, 0.15) is 60.3 Å². The Labute approximate surface area is 129 Å². The molecule has 0 aromatic rings. The number of nitrogens with zero attached hydrogens (tertiary/aromatic N) is 1. The fourth-order valence-electron chi connectivity index (χ4n) is 3.55. The van der Waals surface area contributed by atoms with Crippen LogP contribution in [-0.4, -0.2) is 41.8 Å². The van der Waals surface area contributed by atoms with Gasteiger partial charge in [-0.25, -0.2) is 4.79 Å². The Balaban J connectivity index is 1.83. The molecule has 0 radical (unpaired) electrons. The summed E-state index contributed by atoms with van der Waals surface area (Å²) in [5, 5.41) is 3.70. The highest BCUT2D eigenvalue weighted by Gasteiger charge is 2.34. The van der Waals surface area contributed by atoms with E-state index < -0.39 is 5.60 Å². The molecule has 21 heavy (non-hydrogen) atoms. The molecule has 0 spiro atoms. The highest BCUT2D eigenvalue weighted by molar-refractivity contribution is 5.69. The molecule has 0 aromatic carbocycles. The highest BCUT2D eigenvalue weighted by Crippen LogP contribution is 2.31. The molecular weight excluding hydrogens is 264 g/mol. The van der Waals surface area contributed by atoms with Gasteiger partial charge in [0.25, 0.3) is 0 Å². The second-order valence-electron chi connectivity index (χ2n) is 7.90. The summed E-state index contributed by atoms with van der Waals surface area (Å²) in [7, 11) is 0. The first kappa shape index (κ1) is 16.6. The zero-order valence-corrected chi connectivity index (χ0v) is 14.3. The lowest BCUT2D eigenvalue weighted by Gasteiger charge is -2.30. The minimum atomic E-state index is -0.410. The maximum Gasteiger partial charge on any atom is 0.410 e. The lowest BCUT2D eigenvalue weighted by Crippen LogP contribution is -2.46. The quantitative estimate of drug-likeness (QED) is 0.867. The Morgan fingerprint density at radius 1 is 1.24 bits per heavy atom. The molecule has 4 atom stereocenters. The van der Waals surface area contributed by atoms with Crippen LogP contribution in [0, 0.1) is 11.8 Å². The van der Waals surface area contributed by atoms with Crippen LogP contribution in [-0.2, 0) is 4.74 Å². The Morgan fingerprint density at radius 3 is 2.52 bits per heavy atom. The van der Waals surface area contributed by atoms with Crippen molar-refractivity contribution in [3.8, 4) is 0 Å². The summed E-state index contributed by atoms with van der Waals surface area (Å²) in [5.74, 6) is 1.55. The molecule has 0 bridgehead atoms. The van der Waals surface area contributed by atoms with Crippen molar-refractivity contribution in [3.05, 3.63) is 0 Å². The number of ether oxygens (including phenoxy) is 1. The normalized spacial score (nSPS) is 33.5. The van der Waals surface area contributed by atoms with E-state index in [4.69, 9.17) is 4.74 Å². The fraction of sp³-hybridized carbons (Fsp3) is 0.941. The summed E-state index contributed by atoms with van der Waals surface area (Å²) in [6.45, 7) is 12.2. The number of hydrogen-bond donors (Lipinski definition) is 1. The third-order valence-corrected chi connectivity index (χ3v) is 5.09. The number of nitrogens with one attached hydrogen (secondary N) is 1. The number of carbonyl (C=O) groups is 1. The Kier molecular flexibility index (Phi) is 5.18. The van der Waals surface area contributed by atoms with Gasteiger partial charge in [-0.15, -0.1) is 0 Å². The van der Waals surface area contributed by atoms with Gasteiger partial charge in [-0.2, -0.15) is 0 Å². The number of amides is 1. The van der Waals surface area contributed by atoms with Gasteiger partial charge in [-0.3, -0.25) is 0 Å². The van der Waals surface area contributed by atoms with Crippen molar-refractivity contribution >= 4 is 6.09 Å². The van der Waals surface area contributed by atoms with Gasteiger partial charge >= 0.3 is 6.09 Å². The van der Waals surface area contributed by atoms with Crippen LogP contribution in [0.5, 0.6) is 0 Å². The second-order valence-corrected chi connectivity index (χ2v) is 7.90. The fourth-order valence-corrected chi connectivity index (χ4v) is 3.55. The van der Waals surface area contributed by atoms with Crippen LogP contribution in [0.25, 0.3) is 0 Å². The molecule has 1 N–H and O–H groups in total. The second kappa shape index (κ2) is 6.55. The lowest BCUT2D eigenvalue weighted by molar-refractivity contribution is 0.0224. The standard InChI is InChI=1S/C17H32N2O2/c1-12-8-9-15(13(12)2)18-11-14-7-6-10-19(14)16(20)21-17(3,4)5/h12-15,18H,6-11H2,1-5H3. The third-order valence-electron chi connectivity index (χ3n) is 5.09. The van der Waals surface area contributed by atoms with Crippen molar-refractivity contribution in [1.29, 1.82) is 0 Å². The summed E-state index contributed by atoms with van der Waals surface area (Å²) in [6.07, 6.45) is 4.60. The SMILES string of the molecule is CC1CCC(NCC2CCCN2C(=O)OC(C)(C)C)C1C. The third kappa shape index (κ3) is 4.35. The molecule has 4 unspecified atom stereocenters. The summed E-state index contributed by atoms with van der Waals surface area (Å²) in [5.41, 5.74) is -0.410. The molecule has 1 saturated heterocycles. The Morgan fingerprint density at radius 2 is 1.95 bits per heavy atom.